The average Bonchev–Trinajstić information content (AvgIpc) is 3.14. The molecule has 0 aliphatic carbocycles. The zero-order chi connectivity index (χ0) is 18.1. The molecule has 0 spiro atoms. The molecular formula is C20H24N2O3S. The van der Waals surface area contributed by atoms with Crippen LogP contribution >= 0.6 is 11.3 Å². The fourth-order valence-corrected chi connectivity index (χ4v) is 4.85. The van der Waals surface area contributed by atoms with Gasteiger partial charge in [0, 0.05) is 12.1 Å². The van der Waals surface area contributed by atoms with Crippen LogP contribution in [0.3, 0.4) is 0 Å². The Kier molecular flexibility index (Phi) is 4.87. The first-order valence-electron chi connectivity index (χ1n) is 9.11. The Labute approximate surface area is 157 Å². The highest BCUT2D eigenvalue weighted by Gasteiger charge is 2.40. The minimum atomic E-state index is -0.00419. The third-order valence-corrected chi connectivity index (χ3v) is 6.52. The Morgan fingerprint density at radius 1 is 1.15 bits per heavy atom. The number of carbonyl (C=O) groups excluding carboxylic acids is 1. The van der Waals surface area contributed by atoms with Gasteiger partial charge in [0.15, 0.2) is 16.6 Å². The van der Waals surface area contributed by atoms with Crippen LogP contribution in [0.15, 0.2) is 36.4 Å². The second kappa shape index (κ2) is 7.29. The number of para-hydroxylation sites is 2. The lowest BCUT2D eigenvalue weighted by atomic mass is 9.79. The molecule has 3 aliphatic rings. The molecule has 2 aromatic rings. The number of nitrogens with zero attached hydrogens (tertiary/aromatic N) is 1. The number of methoxy groups -OCH3 is 1. The lowest BCUT2D eigenvalue weighted by Crippen LogP contribution is -2.62. The summed E-state index contributed by atoms with van der Waals surface area (Å²) in [6.07, 6.45) is 2.36. The molecule has 5 nitrogen and oxygen atoms in total. The van der Waals surface area contributed by atoms with E-state index in [1.807, 2.05) is 36.4 Å². The summed E-state index contributed by atoms with van der Waals surface area (Å²) in [5, 5.41) is 3.95. The number of nitrogens with one attached hydrogen (secondary N) is 1. The van der Waals surface area contributed by atoms with Crippen LogP contribution in [0.1, 0.15) is 29.4 Å². The number of ether oxygens (including phenoxy) is 2. The van der Waals surface area contributed by atoms with E-state index in [0.29, 0.717) is 33.4 Å². The van der Waals surface area contributed by atoms with E-state index in [4.69, 9.17) is 9.47 Å². The van der Waals surface area contributed by atoms with Crippen molar-refractivity contribution in [2.45, 2.75) is 31.8 Å². The van der Waals surface area contributed by atoms with Crippen LogP contribution in [0, 0.1) is 5.92 Å². The summed E-state index contributed by atoms with van der Waals surface area (Å²) >= 11 is 1.36. The molecule has 138 valence electrons. The predicted octanol–water partition coefficient (Wildman–Crippen LogP) is 3.76. The summed E-state index contributed by atoms with van der Waals surface area (Å²) in [7, 11) is 1.62. The van der Waals surface area contributed by atoms with E-state index in [9.17, 15) is 4.79 Å². The fraction of sp³-hybridized carbons (Fsp3) is 0.450. The van der Waals surface area contributed by atoms with Gasteiger partial charge in [-0.25, -0.2) is 0 Å². The summed E-state index contributed by atoms with van der Waals surface area (Å²) in [5.41, 5.74) is 0. The Hall–Kier alpha value is -2.05. The van der Waals surface area contributed by atoms with Crippen LogP contribution in [0.2, 0.25) is 0 Å². The number of fused-ring (bicyclic) bond motifs is 3. The van der Waals surface area contributed by atoms with Gasteiger partial charge < -0.3 is 14.8 Å². The maximum Gasteiger partial charge on any atom is 0.261 e. The predicted molar refractivity (Wildman–Crippen MR) is 102 cm³/mol. The van der Waals surface area contributed by atoms with Crippen LogP contribution in [0.4, 0.5) is 0 Å². The van der Waals surface area contributed by atoms with Crippen LogP contribution in [-0.2, 0) is 0 Å². The second-order valence-electron chi connectivity index (χ2n) is 6.98. The first-order chi connectivity index (χ1) is 12.7. The minimum absolute atomic E-state index is 0.00419. The number of hydrogen-bond donors (Lipinski definition) is 1. The third kappa shape index (κ3) is 3.31. The van der Waals surface area contributed by atoms with Gasteiger partial charge in [0.2, 0.25) is 0 Å². The SMILES string of the molecule is COc1ccccc1Oc1ccc(C(=O)NC2C3CCN(CC3)C2C)s1. The van der Waals surface area contributed by atoms with Gasteiger partial charge in [0.05, 0.1) is 12.0 Å². The van der Waals surface area contributed by atoms with E-state index < -0.39 is 0 Å². The summed E-state index contributed by atoms with van der Waals surface area (Å²) in [6.45, 7) is 4.54. The lowest BCUT2D eigenvalue weighted by Gasteiger charge is -2.49. The summed E-state index contributed by atoms with van der Waals surface area (Å²) < 4.78 is 11.2. The van der Waals surface area contributed by atoms with Gasteiger partial charge in [0.1, 0.15) is 0 Å². The van der Waals surface area contributed by atoms with Crippen molar-refractivity contribution in [1.82, 2.24) is 10.2 Å². The van der Waals surface area contributed by atoms with Crippen molar-refractivity contribution in [2.75, 3.05) is 20.2 Å². The van der Waals surface area contributed by atoms with Crippen LogP contribution in [0.25, 0.3) is 0 Å². The van der Waals surface area contributed by atoms with Gasteiger partial charge in [-0.3, -0.25) is 9.69 Å². The molecule has 2 atom stereocenters. The highest BCUT2D eigenvalue weighted by molar-refractivity contribution is 7.15. The number of thiophene rings is 1. The lowest BCUT2D eigenvalue weighted by molar-refractivity contribution is 0.0218. The zero-order valence-corrected chi connectivity index (χ0v) is 15.9. The third-order valence-electron chi connectivity index (χ3n) is 5.56. The van der Waals surface area contributed by atoms with E-state index in [1.165, 1.54) is 24.2 Å². The Bertz CT molecular complexity index is 781. The van der Waals surface area contributed by atoms with Crippen molar-refractivity contribution in [3.05, 3.63) is 41.3 Å². The molecule has 0 saturated carbocycles. The van der Waals surface area contributed by atoms with Gasteiger partial charge in [-0.05, 0) is 63.0 Å². The van der Waals surface area contributed by atoms with Crippen LogP contribution < -0.4 is 14.8 Å². The molecule has 2 unspecified atom stereocenters. The summed E-state index contributed by atoms with van der Waals surface area (Å²) in [4.78, 5) is 15.9. The number of piperidine rings is 3. The normalized spacial score (nSPS) is 27.2. The average molecular weight is 372 g/mol. The molecule has 2 bridgehead atoms. The van der Waals surface area contributed by atoms with Gasteiger partial charge in [-0.1, -0.05) is 23.5 Å². The smallest absolute Gasteiger partial charge is 0.261 e. The highest BCUT2D eigenvalue weighted by atomic mass is 32.1. The number of carbonyl (C=O) groups is 1. The molecule has 1 aromatic carbocycles. The Morgan fingerprint density at radius 2 is 1.88 bits per heavy atom. The molecule has 1 aromatic heterocycles. The zero-order valence-electron chi connectivity index (χ0n) is 15.1. The van der Waals surface area contributed by atoms with Gasteiger partial charge in [-0.2, -0.15) is 0 Å². The largest absolute Gasteiger partial charge is 0.493 e. The van der Waals surface area contributed by atoms with Crippen molar-refractivity contribution in [2.24, 2.45) is 5.92 Å². The first kappa shape index (κ1) is 17.4. The van der Waals surface area contributed by atoms with Crippen molar-refractivity contribution in [1.29, 1.82) is 0 Å². The second-order valence-corrected chi connectivity index (χ2v) is 8.03. The van der Waals surface area contributed by atoms with E-state index >= 15 is 0 Å². The summed E-state index contributed by atoms with van der Waals surface area (Å²) in [5.74, 6) is 1.92. The van der Waals surface area contributed by atoms with Crippen molar-refractivity contribution in [3.63, 3.8) is 0 Å². The molecule has 1 amide bonds. The topological polar surface area (TPSA) is 50.8 Å². The van der Waals surface area contributed by atoms with E-state index in [-0.39, 0.29) is 11.9 Å². The molecule has 6 heteroatoms. The number of rotatable bonds is 5. The number of amides is 1. The maximum atomic E-state index is 12.7. The molecular weight excluding hydrogens is 348 g/mol. The first-order valence-corrected chi connectivity index (χ1v) is 9.93. The molecule has 1 N–H and O–H groups in total. The van der Waals surface area contributed by atoms with Crippen molar-refractivity contribution < 1.29 is 14.3 Å². The molecule has 5 rings (SSSR count). The van der Waals surface area contributed by atoms with Gasteiger partial charge in [0.25, 0.3) is 5.91 Å². The quantitative estimate of drug-likeness (QED) is 0.868. The van der Waals surface area contributed by atoms with Crippen molar-refractivity contribution >= 4 is 17.2 Å². The van der Waals surface area contributed by atoms with E-state index in [1.54, 1.807) is 7.11 Å². The molecule has 3 saturated heterocycles. The highest BCUT2D eigenvalue weighted by Crippen LogP contribution is 2.36. The summed E-state index contributed by atoms with van der Waals surface area (Å²) in [6, 6.07) is 11.8. The molecule has 4 heterocycles. The van der Waals surface area contributed by atoms with E-state index in [2.05, 4.69) is 17.1 Å². The molecule has 3 fully saturated rings. The Balaban J connectivity index is 1.43. The van der Waals surface area contributed by atoms with Crippen LogP contribution in [-0.4, -0.2) is 43.1 Å². The molecule has 26 heavy (non-hydrogen) atoms. The Morgan fingerprint density at radius 3 is 2.58 bits per heavy atom. The van der Waals surface area contributed by atoms with Crippen LogP contribution in [0.5, 0.6) is 16.6 Å². The van der Waals surface area contributed by atoms with Gasteiger partial charge >= 0.3 is 0 Å². The minimum Gasteiger partial charge on any atom is -0.493 e. The number of benzene rings is 1. The maximum absolute atomic E-state index is 12.7. The van der Waals surface area contributed by atoms with Crippen molar-refractivity contribution in [3.8, 4) is 16.6 Å². The number of hydrogen-bond acceptors (Lipinski definition) is 5. The van der Waals surface area contributed by atoms with E-state index in [0.717, 1.165) is 13.1 Å². The molecule has 0 radical (unpaired) electrons. The fourth-order valence-electron chi connectivity index (χ4n) is 4.08. The monoisotopic (exact) mass is 372 g/mol. The molecule has 3 aliphatic heterocycles. The standard InChI is InChI=1S/C20H24N2O3S/c1-13-19(14-9-11-22(13)12-10-14)21-20(23)17-7-8-18(26-17)25-16-6-4-3-5-15(16)24-2/h3-8,13-14,19H,9-12H2,1-2H3,(H,21,23). The van der Waals surface area contributed by atoms with Gasteiger partial charge in [-0.15, -0.1) is 0 Å².